The smallest absolute Gasteiger partial charge is 0.348 e. The van der Waals surface area contributed by atoms with Gasteiger partial charge in [0.1, 0.15) is 5.75 Å². The first-order valence-corrected chi connectivity index (χ1v) is 9.36. The number of hydrogen-bond acceptors (Lipinski definition) is 4. The van der Waals surface area contributed by atoms with Crippen LogP contribution in [0.1, 0.15) is 51.0 Å². The number of esters is 1. The molecule has 0 bridgehead atoms. The molecule has 1 N–H and O–H groups in total. The molecule has 6 heteroatoms. The first kappa shape index (κ1) is 18.1. The summed E-state index contributed by atoms with van der Waals surface area (Å²) in [6.07, 6.45) is 5.56. The highest BCUT2D eigenvalue weighted by molar-refractivity contribution is 6.30. The van der Waals surface area contributed by atoms with Crippen LogP contribution in [0.5, 0.6) is 5.75 Å². The van der Waals surface area contributed by atoms with Gasteiger partial charge in [0.2, 0.25) is 0 Å². The molecule has 1 amide bonds. The Hall–Kier alpha value is -1.75. The Bertz CT molecular complexity index is 640. The topological polar surface area (TPSA) is 64.6 Å². The van der Waals surface area contributed by atoms with Crippen LogP contribution in [-0.4, -0.2) is 30.1 Å². The Morgan fingerprint density at radius 3 is 2.68 bits per heavy atom. The van der Waals surface area contributed by atoms with Gasteiger partial charge in [-0.05, 0) is 43.5 Å². The Morgan fingerprint density at radius 2 is 1.96 bits per heavy atom. The fourth-order valence-electron chi connectivity index (χ4n) is 3.39. The second-order valence-corrected chi connectivity index (χ2v) is 7.28. The first-order chi connectivity index (χ1) is 12.0. The number of hydrogen-bond donors (Lipinski definition) is 1. The number of carbonyl (C=O) groups is 2. The third-order valence-electron chi connectivity index (χ3n) is 4.82. The highest BCUT2D eigenvalue weighted by atomic mass is 35.5. The van der Waals surface area contributed by atoms with Crippen LogP contribution >= 0.6 is 11.6 Å². The van der Waals surface area contributed by atoms with E-state index in [4.69, 9.17) is 21.1 Å². The van der Waals surface area contributed by atoms with Crippen molar-refractivity contribution in [2.75, 3.05) is 0 Å². The van der Waals surface area contributed by atoms with Gasteiger partial charge in [-0.2, -0.15) is 0 Å². The van der Waals surface area contributed by atoms with E-state index in [9.17, 15) is 9.59 Å². The van der Waals surface area contributed by atoms with Gasteiger partial charge in [0.25, 0.3) is 5.91 Å². The lowest BCUT2D eigenvalue weighted by Gasteiger charge is -2.20. The normalized spacial score (nSPS) is 21.6. The maximum absolute atomic E-state index is 12.3. The molecule has 1 aromatic carbocycles. The molecule has 0 saturated heterocycles. The van der Waals surface area contributed by atoms with Gasteiger partial charge in [-0.3, -0.25) is 4.79 Å². The standard InChI is InChI=1S/C19H24ClNO4/c1-12(18(22)21-15-6-4-2-3-5-7-15)24-19(23)17-11-13-10-14(20)8-9-16(13)25-17/h8-10,12,15,17H,2-7,11H2,1H3,(H,21,22). The Labute approximate surface area is 153 Å². The first-order valence-electron chi connectivity index (χ1n) is 8.99. The number of benzene rings is 1. The fraction of sp³-hybridized carbons (Fsp3) is 0.579. The second kappa shape index (κ2) is 8.09. The largest absolute Gasteiger partial charge is 0.478 e. The van der Waals surface area contributed by atoms with Crippen LogP contribution in [-0.2, 0) is 20.7 Å². The summed E-state index contributed by atoms with van der Waals surface area (Å²) in [5.41, 5.74) is 0.880. The van der Waals surface area contributed by atoms with E-state index in [0.29, 0.717) is 17.2 Å². The Morgan fingerprint density at radius 1 is 1.24 bits per heavy atom. The van der Waals surface area contributed by atoms with E-state index in [1.54, 1.807) is 25.1 Å². The fourth-order valence-corrected chi connectivity index (χ4v) is 3.59. The van der Waals surface area contributed by atoms with E-state index in [2.05, 4.69) is 5.32 Å². The van der Waals surface area contributed by atoms with Crippen LogP contribution in [0.15, 0.2) is 18.2 Å². The lowest BCUT2D eigenvalue weighted by Crippen LogP contribution is -2.43. The number of fused-ring (bicyclic) bond motifs is 1. The van der Waals surface area contributed by atoms with Crippen LogP contribution in [0, 0.1) is 0 Å². The van der Waals surface area contributed by atoms with E-state index < -0.39 is 18.2 Å². The molecule has 0 radical (unpaired) electrons. The minimum atomic E-state index is -0.827. The van der Waals surface area contributed by atoms with Gasteiger partial charge in [0.15, 0.2) is 12.2 Å². The molecule has 1 saturated carbocycles. The molecular formula is C19H24ClNO4. The molecule has 2 aliphatic rings. The molecular weight excluding hydrogens is 342 g/mol. The quantitative estimate of drug-likeness (QED) is 0.656. The van der Waals surface area contributed by atoms with Crippen LogP contribution in [0.2, 0.25) is 5.02 Å². The highest BCUT2D eigenvalue weighted by Crippen LogP contribution is 2.31. The summed E-state index contributed by atoms with van der Waals surface area (Å²) in [6, 6.07) is 5.43. The Kier molecular flexibility index (Phi) is 5.84. The molecule has 1 fully saturated rings. The summed E-state index contributed by atoms with van der Waals surface area (Å²) in [5.74, 6) is -0.114. The van der Waals surface area contributed by atoms with E-state index in [0.717, 1.165) is 31.2 Å². The Balaban J connectivity index is 1.50. The van der Waals surface area contributed by atoms with Crippen molar-refractivity contribution in [2.45, 2.75) is 70.1 Å². The molecule has 136 valence electrons. The maximum atomic E-state index is 12.3. The van der Waals surface area contributed by atoms with Crippen molar-refractivity contribution in [1.29, 1.82) is 0 Å². The summed E-state index contributed by atoms with van der Waals surface area (Å²) in [4.78, 5) is 24.6. The number of ether oxygens (including phenoxy) is 2. The van der Waals surface area contributed by atoms with Crippen molar-refractivity contribution >= 4 is 23.5 Å². The van der Waals surface area contributed by atoms with Crippen molar-refractivity contribution in [3.8, 4) is 5.75 Å². The summed E-state index contributed by atoms with van der Waals surface area (Å²) < 4.78 is 10.9. The van der Waals surface area contributed by atoms with E-state index in [1.807, 2.05) is 0 Å². The van der Waals surface area contributed by atoms with Crippen molar-refractivity contribution in [3.05, 3.63) is 28.8 Å². The van der Waals surface area contributed by atoms with Crippen LogP contribution in [0.25, 0.3) is 0 Å². The SMILES string of the molecule is CC(OC(=O)C1Cc2cc(Cl)ccc2O1)C(=O)NC1CCCCCC1. The van der Waals surface area contributed by atoms with Crippen molar-refractivity contribution in [2.24, 2.45) is 0 Å². The number of halogens is 1. The van der Waals surface area contributed by atoms with Gasteiger partial charge >= 0.3 is 5.97 Å². The zero-order valence-electron chi connectivity index (χ0n) is 14.4. The molecule has 3 rings (SSSR count). The molecule has 0 spiro atoms. The van der Waals surface area contributed by atoms with Crippen molar-refractivity contribution in [1.82, 2.24) is 5.32 Å². The van der Waals surface area contributed by atoms with Crippen molar-refractivity contribution < 1.29 is 19.1 Å². The van der Waals surface area contributed by atoms with Gasteiger partial charge in [-0.25, -0.2) is 4.79 Å². The molecule has 25 heavy (non-hydrogen) atoms. The summed E-state index contributed by atoms with van der Waals surface area (Å²) in [6.45, 7) is 1.60. The molecule has 1 heterocycles. The third-order valence-corrected chi connectivity index (χ3v) is 5.06. The number of amides is 1. The van der Waals surface area contributed by atoms with Gasteiger partial charge in [0.05, 0.1) is 0 Å². The summed E-state index contributed by atoms with van der Waals surface area (Å²) in [5, 5.41) is 3.61. The third kappa shape index (κ3) is 4.66. The molecule has 1 aliphatic carbocycles. The van der Waals surface area contributed by atoms with E-state index >= 15 is 0 Å². The van der Waals surface area contributed by atoms with Crippen LogP contribution in [0.3, 0.4) is 0 Å². The number of rotatable bonds is 4. The molecule has 0 aromatic heterocycles. The van der Waals surface area contributed by atoms with Gasteiger partial charge in [-0.1, -0.05) is 37.3 Å². The molecule has 2 unspecified atom stereocenters. The van der Waals surface area contributed by atoms with E-state index in [-0.39, 0.29) is 11.9 Å². The number of nitrogens with one attached hydrogen (secondary N) is 1. The predicted molar refractivity (Wildman–Crippen MR) is 94.8 cm³/mol. The van der Waals surface area contributed by atoms with E-state index in [1.165, 1.54) is 12.8 Å². The zero-order chi connectivity index (χ0) is 17.8. The lowest BCUT2D eigenvalue weighted by molar-refractivity contribution is -0.161. The summed E-state index contributed by atoms with van der Waals surface area (Å²) >= 11 is 5.96. The minimum Gasteiger partial charge on any atom is -0.478 e. The minimum absolute atomic E-state index is 0.185. The predicted octanol–water partition coefficient (Wildman–Crippen LogP) is 3.41. The molecule has 1 aliphatic heterocycles. The molecule has 5 nitrogen and oxygen atoms in total. The molecule has 1 aromatic rings. The second-order valence-electron chi connectivity index (χ2n) is 6.84. The van der Waals surface area contributed by atoms with Crippen molar-refractivity contribution in [3.63, 3.8) is 0 Å². The average molecular weight is 366 g/mol. The number of carbonyl (C=O) groups excluding carboxylic acids is 2. The van der Waals surface area contributed by atoms with Crippen LogP contribution < -0.4 is 10.1 Å². The van der Waals surface area contributed by atoms with Crippen LogP contribution in [0.4, 0.5) is 0 Å². The van der Waals surface area contributed by atoms with Gasteiger partial charge in [-0.15, -0.1) is 0 Å². The average Bonchev–Trinajstić information content (AvgIpc) is 2.83. The van der Waals surface area contributed by atoms with Gasteiger partial charge in [0, 0.05) is 17.5 Å². The zero-order valence-corrected chi connectivity index (χ0v) is 15.2. The molecule has 2 atom stereocenters. The van der Waals surface area contributed by atoms with Gasteiger partial charge < -0.3 is 14.8 Å². The maximum Gasteiger partial charge on any atom is 0.348 e. The highest BCUT2D eigenvalue weighted by Gasteiger charge is 2.33. The monoisotopic (exact) mass is 365 g/mol. The lowest BCUT2D eigenvalue weighted by atomic mass is 10.1. The summed E-state index contributed by atoms with van der Waals surface area (Å²) in [7, 11) is 0.